The van der Waals surface area contributed by atoms with E-state index in [4.69, 9.17) is 0 Å². The monoisotopic (exact) mass is 581 g/mol. The van der Waals surface area contributed by atoms with Crippen molar-refractivity contribution in [3.63, 3.8) is 0 Å². The Morgan fingerprint density at radius 2 is 1.92 bits per heavy atom. The summed E-state index contributed by atoms with van der Waals surface area (Å²) in [6, 6.07) is 8.23. The number of fused-ring (bicyclic) bond motifs is 1. The maximum absolute atomic E-state index is 11.3. The molecule has 0 bridgehead atoms. The first kappa shape index (κ1) is 20.9. The molecule has 2 aromatic heterocycles. The highest BCUT2D eigenvalue weighted by Crippen LogP contribution is 2.40. The molecular weight excluding hydrogens is 560 g/mol. The number of benzene rings is 1. The number of thiophene rings is 1. The van der Waals surface area contributed by atoms with Crippen molar-refractivity contribution in [2.75, 3.05) is 20.6 Å². The van der Waals surface area contributed by atoms with Crippen molar-refractivity contribution in [1.82, 2.24) is 14.9 Å². The van der Waals surface area contributed by atoms with E-state index in [1.54, 1.807) is 29.9 Å². The van der Waals surface area contributed by atoms with E-state index in [-0.39, 0.29) is 0 Å². The van der Waals surface area contributed by atoms with Gasteiger partial charge in [-0.05, 0) is 38.9 Å². The SMILES string of the molecule is CN(C)CCc1sc2ccccc2c1C(C)(O)c1cnccn1.II. The van der Waals surface area contributed by atoms with Crippen molar-refractivity contribution in [1.29, 1.82) is 0 Å². The van der Waals surface area contributed by atoms with Crippen LogP contribution in [0.15, 0.2) is 42.9 Å². The van der Waals surface area contributed by atoms with E-state index in [0.29, 0.717) is 5.69 Å². The molecule has 0 amide bonds. The summed E-state index contributed by atoms with van der Waals surface area (Å²) < 4.78 is 1.19. The molecule has 0 fully saturated rings. The maximum Gasteiger partial charge on any atom is 0.132 e. The van der Waals surface area contributed by atoms with Crippen LogP contribution in [0.2, 0.25) is 0 Å². The minimum atomic E-state index is -1.16. The molecule has 0 aliphatic rings. The van der Waals surface area contributed by atoms with Gasteiger partial charge in [0, 0.05) is 71.3 Å². The lowest BCUT2D eigenvalue weighted by atomic mass is 9.89. The van der Waals surface area contributed by atoms with E-state index in [0.717, 1.165) is 23.9 Å². The van der Waals surface area contributed by atoms with Gasteiger partial charge in [-0.3, -0.25) is 9.97 Å². The Morgan fingerprint density at radius 1 is 1.20 bits per heavy atom. The summed E-state index contributed by atoms with van der Waals surface area (Å²) in [5.74, 6) is 0. The number of likely N-dealkylation sites (N-methyl/N-ethyl adjacent to an activating group) is 1. The lowest BCUT2D eigenvalue weighted by Crippen LogP contribution is -2.26. The Balaban J connectivity index is 0.00000109. The molecule has 1 N–H and O–H groups in total. The van der Waals surface area contributed by atoms with Crippen LogP contribution in [0.25, 0.3) is 10.1 Å². The highest BCUT2D eigenvalue weighted by Gasteiger charge is 2.33. The van der Waals surface area contributed by atoms with Gasteiger partial charge in [0.1, 0.15) is 5.60 Å². The summed E-state index contributed by atoms with van der Waals surface area (Å²) in [6.45, 7) is 2.75. The molecule has 0 saturated heterocycles. The molecule has 1 aromatic carbocycles. The number of halogens is 2. The Morgan fingerprint density at radius 3 is 2.56 bits per heavy atom. The van der Waals surface area contributed by atoms with Gasteiger partial charge in [0.15, 0.2) is 0 Å². The summed E-state index contributed by atoms with van der Waals surface area (Å²) in [7, 11) is 4.13. The second-order valence-corrected chi connectivity index (χ2v) is 7.25. The van der Waals surface area contributed by atoms with Gasteiger partial charge in [0.2, 0.25) is 0 Å². The molecule has 2 heterocycles. The fourth-order valence-electron chi connectivity index (χ4n) is 2.81. The lowest BCUT2D eigenvalue weighted by Gasteiger charge is -2.24. The van der Waals surface area contributed by atoms with Crippen molar-refractivity contribution < 1.29 is 5.11 Å². The third-order valence-electron chi connectivity index (χ3n) is 4.00. The van der Waals surface area contributed by atoms with Crippen LogP contribution in [0, 0.1) is 0 Å². The first-order valence-corrected chi connectivity index (χ1v) is 14.9. The van der Waals surface area contributed by atoms with Gasteiger partial charge in [-0.1, -0.05) is 18.2 Å². The fraction of sp³-hybridized carbons (Fsp3) is 0.333. The zero-order valence-corrected chi connectivity index (χ0v) is 19.5. The van der Waals surface area contributed by atoms with Gasteiger partial charge < -0.3 is 10.0 Å². The van der Waals surface area contributed by atoms with Gasteiger partial charge >= 0.3 is 0 Å². The molecule has 134 valence electrons. The molecule has 0 aliphatic carbocycles. The van der Waals surface area contributed by atoms with Gasteiger partial charge in [0.25, 0.3) is 0 Å². The van der Waals surface area contributed by atoms with Crippen molar-refractivity contribution in [2.45, 2.75) is 18.9 Å². The van der Waals surface area contributed by atoms with Crippen LogP contribution >= 0.6 is 48.6 Å². The van der Waals surface area contributed by atoms with E-state index in [1.165, 1.54) is 9.58 Å². The average Bonchev–Trinajstić information content (AvgIpc) is 3.01. The van der Waals surface area contributed by atoms with E-state index < -0.39 is 5.60 Å². The molecule has 25 heavy (non-hydrogen) atoms. The van der Waals surface area contributed by atoms with Gasteiger partial charge in [-0.2, -0.15) is 0 Å². The molecule has 1 unspecified atom stereocenters. The van der Waals surface area contributed by atoms with Crippen LogP contribution in [-0.4, -0.2) is 40.6 Å². The predicted molar refractivity (Wildman–Crippen MR) is 123 cm³/mol. The van der Waals surface area contributed by atoms with Gasteiger partial charge in [-0.25, -0.2) is 0 Å². The molecule has 0 aliphatic heterocycles. The summed E-state index contributed by atoms with van der Waals surface area (Å²) >= 11 is 5.99. The van der Waals surface area contributed by atoms with Gasteiger partial charge in [0.05, 0.1) is 11.9 Å². The van der Waals surface area contributed by atoms with Crippen LogP contribution < -0.4 is 0 Å². The number of nitrogens with zero attached hydrogens (tertiary/aromatic N) is 3. The summed E-state index contributed by atoms with van der Waals surface area (Å²) in [5, 5.41) is 12.4. The van der Waals surface area contributed by atoms with Crippen molar-refractivity contribution in [2.24, 2.45) is 0 Å². The standard InChI is InChI=1S/C18H21N3OS.I2/c1-18(22,16-12-19-9-10-20-16)17-13-6-4-5-7-14(13)23-15(17)8-11-21(2)3;1-2/h4-7,9-10,12,22H,8,11H2,1-3H3;. The smallest absolute Gasteiger partial charge is 0.132 e. The average molecular weight is 581 g/mol. The van der Waals surface area contributed by atoms with E-state index in [9.17, 15) is 5.11 Å². The van der Waals surface area contributed by atoms with E-state index >= 15 is 0 Å². The number of aliphatic hydroxyl groups is 1. The first-order chi connectivity index (χ1) is 12.0. The Labute approximate surface area is 176 Å². The number of aromatic nitrogens is 2. The Hall–Kier alpha value is -0.360. The predicted octanol–water partition coefficient (Wildman–Crippen LogP) is 4.82. The molecule has 0 radical (unpaired) electrons. The van der Waals surface area contributed by atoms with Crippen molar-refractivity contribution in [3.8, 4) is 0 Å². The number of rotatable bonds is 5. The third kappa shape index (κ3) is 4.88. The second kappa shape index (κ2) is 9.54. The minimum absolute atomic E-state index is 0.578. The molecule has 7 heteroatoms. The van der Waals surface area contributed by atoms with E-state index in [1.807, 2.05) is 19.1 Å². The maximum atomic E-state index is 11.3. The highest BCUT2D eigenvalue weighted by molar-refractivity contribution is 15.0. The molecule has 3 rings (SSSR count). The fourth-order valence-corrected chi connectivity index (χ4v) is 4.11. The molecule has 0 saturated carbocycles. The largest absolute Gasteiger partial charge is 0.379 e. The molecular formula is C18H21I2N3OS. The first-order valence-electron chi connectivity index (χ1n) is 7.79. The topological polar surface area (TPSA) is 49.2 Å². The molecule has 1 atom stereocenters. The normalized spacial score (nSPS) is 13.4. The lowest BCUT2D eigenvalue weighted by molar-refractivity contribution is 0.0979. The van der Waals surface area contributed by atoms with Crippen molar-refractivity contribution >= 4 is 58.7 Å². The third-order valence-corrected chi connectivity index (χ3v) is 5.23. The molecule has 4 nitrogen and oxygen atoms in total. The van der Waals surface area contributed by atoms with E-state index in [2.05, 4.69) is 78.3 Å². The summed E-state index contributed by atoms with van der Waals surface area (Å²) in [4.78, 5) is 11.8. The molecule has 0 spiro atoms. The second-order valence-electron chi connectivity index (χ2n) is 6.11. The van der Waals surface area contributed by atoms with Crippen molar-refractivity contribution in [3.05, 3.63) is 59.0 Å². The zero-order valence-electron chi connectivity index (χ0n) is 14.4. The summed E-state index contributed by atoms with van der Waals surface area (Å²) in [5.41, 5.74) is 0.380. The highest BCUT2D eigenvalue weighted by atomic mass is 128. The minimum Gasteiger partial charge on any atom is -0.379 e. The Bertz CT molecular complexity index is 806. The number of hydrogen-bond acceptors (Lipinski definition) is 5. The number of hydrogen-bond donors (Lipinski definition) is 1. The van der Waals surface area contributed by atoms with Crippen LogP contribution in [0.3, 0.4) is 0 Å². The zero-order chi connectivity index (χ0) is 18.4. The van der Waals surface area contributed by atoms with Crippen LogP contribution in [-0.2, 0) is 12.0 Å². The van der Waals surface area contributed by atoms with Crippen LogP contribution in [0.4, 0.5) is 0 Å². The quantitative estimate of drug-likeness (QED) is 0.440. The summed E-state index contributed by atoms with van der Waals surface area (Å²) in [6.07, 6.45) is 5.79. The Kier molecular flexibility index (Phi) is 7.99. The molecule has 3 aromatic rings. The van der Waals surface area contributed by atoms with Crippen LogP contribution in [0.1, 0.15) is 23.1 Å². The van der Waals surface area contributed by atoms with Gasteiger partial charge in [-0.15, -0.1) is 11.3 Å². The van der Waals surface area contributed by atoms with Crippen LogP contribution in [0.5, 0.6) is 0 Å².